The zero-order chi connectivity index (χ0) is 21.6. The lowest BCUT2D eigenvalue weighted by Crippen LogP contribution is -2.45. The topological polar surface area (TPSA) is 73.0 Å². The van der Waals surface area contributed by atoms with Crippen molar-refractivity contribution in [3.8, 4) is 0 Å². The molecule has 0 spiro atoms. The first-order valence-corrected chi connectivity index (χ1v) is 12.2. The highest BCUT2D eigenvalue weighted by molar-refractivity contribution is 7.89. The highest BCUT2D eigenvalue weighted by atomic mass is 32.2. The van der Waals surface area contributed by atoms with Gasteiger partial charge in [0.15, 0.2) is 0 Å². The fraction of sp³-hybridized carbons (Fsp3) is 0.667. The molecule has 2 saturated heterocycles. The quantitative estimate of drug-likeness (QED) is 0.618. The highest BCUT2D eigenvalue weighted by Crippen LogP contribution is 2.24. The molecule has 7 nitrogen and oxygen atoms in total. The maximum absolute atomic E-state index is 13.1. The molecule has 2 aliphatic heterocycles. The van der Waals surface area contributed by atoms with Crippen molar-refractivity contribution in [3.63, 3.8) is 0 Å². The Morgan fingerprint density at radius 1 is 1.10 bits per heavy atom. The predicted octanol–water partition coefficient (Wildman–Crippen LogP) is 1.37. The number of hydrogen-bond acceptors (Lipinski definition) is 5. The predicted molar refractivity (Wildman–Crippen MR) is 114 cm³/mol. The molecule has 1 aromatic carbocycles. The van der Waals surface area contributed by atoms with Crippen LogP contribution in [0.4, 0.5) is 4.39 Å². The molecule has 0 bridgehead atoms. The summed E-state index contributed by atoms with van der Waals surface area (Å²) in [6.07, 6.45) is 3.28. The second-order valence-electron chi connectivity index (χ2n) is 8.30. The SMILES string of the molecule is CN1CCN(CCCCNC(=O)C2CCCN(S(=O)(=O)c3ccc(F)cc3)C2)CC1. The van der Waals surface area contributed by atoms with Crippen LogP contribution in [0.3, 0.4) is 0 Å². The molecule has 1 N–H and O–H groups in total. The fourth-order valence-electron chi connectivity index (χ4n) is 4.02. The van der Waals surface area contributed by atoms with Gasteiger partial charge in [0.1, 0.15) is 5.82 Å². The third-order valence-corrected chi connectivity index (χ3v) is 7.88. The van der Waals surface area contributed by atoms with Gasteiger partial charge >= 0.3 is 0 Å². The van der Waals surface area contributed by atoms with Crippen molar-refractivity contribution in [1.82, 2.24) is 19.4 Å². The molecule has 30 heavy (non-hydrogen) atoms. The summed E-state index contributed by atoms with van der Waals surface area (Å²) in [5.41, 5.74) is 0. The molecular formula is C21H33FN4O3S. The number of carbonyl (C=O) groups is 1. The molecule has 2 heterocycles. The fourth-order valence-corrected chi connectivity index (χ4v) is 5.54. The number of likely N-dealkylation sites (N-methyl/N-ethyl adjacent to an activating group) is 1. The van der Waals surface area contributed by atoms with Crippen molar-refractivity contribution in [1.29, 1.82) is 0 Å². The van der Waals surface area contributed by atoms with Gasteiger partial charge in [0.05, 0.1) is 10.8 Å². The molecule has 1 amide bonds. The molecule has 0 saturated carbocycles. The van der Waals surface area contributed by atoms with E-state index >= 15 is 0 Å². The Kier molecular flexibility index (Phi) is 8.21. The van der Waals surface area contributed by atoms with Gasteiger partial charge in [-0.2, -0.15) is 4.31 Å². The molecule has 1 unspecified atom stereocenters. The molecule has 1 atom stereocenters. The van der Waals surface area contributed by atoms with Gasteiger partial charge in [-0.15, -0.1) is 0 Å². The van der Waals surface area contributed by atoms with Crippen molar-refractivity contribution in [2.75, 3.05) is 59.4 Å². The lowest BCUT2D eigenvalue weighted by molar-refractivity contribution is -0.126. The zero-order valence-corrected chi connectivity index (χ0v) is 18.5. The maximum Gasteiger partial charge on any atom is 0.243 e. The van der Waals surface area contributed by atoms with Crippen LogP contribution < -0.4 is 5.32 Å². The number of benzene rings is 1. The van der Waals surface area contributed by atoms with Crippen LogP contribution in [0.15, 0.2) is 29.2 Å². The number of nitrogens with zero attached hydrogens (tertiary/aromatic N) is 3. The van der Waals surface area contributed by atoms with E-state index in [0.717, 1.165) is 57.7 Å². The first-order chi connectivity index (χ1) is 14.4. The molecule has 3 rings (SSSR count). The van der Waals surface area contributed by atoms with Crippen LogP contribution in [-0.4, -0.2) is 87.8 Å². The number of piperidine rings is 1. The van der Waals surface area contributed by atoms with Gasteiger partial charge in [-0.25, -0.2) is 12.8 Å². The van der Waals surface area contributed by atoms with Gasteiger partial charge in [-0.05, 0) is 63.5 Å². The van der Waals surface area contributed by atoms with E-state index in [1.54, 1.807) is 0 Å². The van der Waals surface area contributed by atoms with Crippen molar-refractivity contribution >= 4 is 15.9 Å². The number of carbonyl (C=O) groups excluding carboxylic acids is 1. The third kappa shape index (κ3) is 6.23. The van der Waals surface area contributed by atoms with E-state index in [4.69, 9.17) is 0 Å². The molecule has 0 radical (unpaired) electrons. The number of sulfonamides is 1. The minimum Gasteiger partial charge on any atom is -0.356 e. The Hall–Kier alpha value is -1.55. The number of nitrogens with one attached hydrogen (secondary N) is 1. The van der Waals surface area contributed by atoms with Crippen LogP contribution in [0.25, 0.3) is 0 Å². The van der Waals surface area contributed by atoms with E-state index in [0.29, 0.717) is 25.9 Å². The summed E-state index contributed by atoms with van der Waals surface area (Å²) < 4.78 is 40.1. The average molecular weight is 441 g/mol. The zero-order valence-electron chi connectivity index (χ0n) is 17.7. The number of amides is 1. The summed E-state index contributed by atoms with van der Waals surface area (Å²) in [6, 6.07) is 4.83. The van der Waals surface area contributed by atoms with E-state index in [1.807, 2.05) is 0 Å². The summed E-state index contributed by atoms with van der Waals surface area (Å²) >= 11 is 0. The number of unbranched alkanes of at least 4 members (excludes halogenated alkanes) is 1. The summed E-state index contributed by atoms with van der Waals surface area (Å²) in [5, 5.41) is 2.98. The second kappa shape index (κ2) is 10.7. The molecular weight excluding hydrogens is 407 g/mol. The Morgan fingerprint density at radius 2 is 1.80 bits per heavy atom. The molecule has 0 aromatic heterocycles. The van der Waals surface area contributed by atoms with Crippen LogP contribution >= 0.6 is 0 Å². The largest absolute Gasteiger partial charge is 0.356 e. The molecule has 1 aromatic rings. The highest BCUT2D eigenvalue weighted by Gasteiger charge is 2.33. The number of piperazine rings is 1. The minimum absolute atomic E-state index is 0.0638. The summed E-state index contributed by atoms with van der Waals surface area (Å²) in [5.74, 6) is -0.891. The van der Waals surface area contributed by atoms with Gasteiger partial charge in [0, 0.05) is 45.8 Å². The van der Waals surface area contributed by atoms with E-state index in [2.05, 4.69) is 22.2 Å². The molecule has 2 aliphatic rings. The second-order valence-corrected chi connectivity index (χ2v) is 10.2. The lowest BCUT2D eigenvalue weighted by Gasteiger charge is -2.32. The van der Waals surface area contributed by atoms with Crippen LogP contribution in [0, 0.1) is 11.7 Å². The van der Waals surface area contributed by atoms with Gasteiger partial charge < -0.3 is 15.1 Å². The number of rotatable bonds is 8. The number of hydrogen-bond donors (Lipinski definition) is 1. The lowest BCUT2D eigenvalue weighted by atomic mass is 9.99. The van der Waals surface area contributed by atoms with Crippen molar-refractivity contribution in [3.05, 3.63) is 30.1 Å². The van der Waals surface area contributed by atoms with Crippen molar-refractivity contribution in [2.45, 2.75) is 30.6 Å². The van der Waals surface area contributed by atoms with Crippen molar-refractivity contribution in [2.24, 2.45) is 5.92 Å². The molecule has 0 aliphatic carbocycles. The Bertz CT molecular complexity index is 795. The average Bonchev–Trinajstić information content (AvgIpc) is 2.75. The van der Waals surface area contributed by atoms with E-state index < -0.39 is 15.8 Å². The maximum atomic E-state index is 13.1. The van der Waals surface area contributed by atoms with E-state index in [9.17, 15) is 17.6 Å². The Labute approximate surface area is 179 Å². The van der Waals surface area contributed by atoms with Crippen molar-refractivity contribution < 1.29 is 17.6 Å². The Balaban J connectivity index is 1.41. The van der Waals surface area contributed by atoms with Gasteiger partial charge in [-0.3, -0.25) is 4.79 Å². The van der Waals surface area contributed by atoms with Crippen LogP contribution in [0.2, 0.25) is 0 Å². The summed E-state index contributed by atoms with van der Waals surface area (Å²) in [6.45, 7) is 6.64. The molecule has 9 heteroatoms. The monoisotopic (exact) mass is 440 g/mol. The molecule has 168 valence electrons. The van der Waals surface area contributed by atoms with Gasteiger partial charge in [0.25, 0.3) is 0 Å². The van der Waals surface area contributed by atoms with Gasteiger partial charge in [0.2, 0.25) is 15.9 Å². The van der Waals surface area contributed by atoms with Crippen LogP contribution in [0.5, 0.6) is 0 Å². The standard InChI is InChI=1S/C21H33FN4O3S/c1-24-13-15-25(16-14-24)11-3-2-10-23-21(27)18-5-4-12-26(17-18)30(28,29)20-8-6-19(22)7-9-20/h6-9,18H,2-5,10-17H2,1H3,(H,23,27). The Morgan fingerprint density at radius 3 is 2.50 bits per heavy atom. The smallest absolute Gasteiger partial charge is 0.243 e. The minimum atomic E-state index is -3.71. The molecule has 2 fully saturated rings. The summed E-state index contributed by atoms with van der Waals surface area (Å²) in [7, 11) is -1.57. The first-order valence-electron chi connectivity index (χ1n) is 10.8. The summed E-state index contributed by atoms with van der Waals surface area (Å²) in [4.78, 5) is 17.4. The van der Waals surface area contributed by atoms with Crippen LogP contribution in [0.1, 0.15) is 25.7 Å². The third-order valence-electron chi connectivity index (χ3n) is 6.00. The first kappa shape index (κ1) is 23.1. The van der Waals surface area contributed by atoms with E-state index in [-0.39, 0.29) is 23.3 Å². The van der Waals surface area contributed by atoms with Crippen LogP contribution in [-0.2, 0) is 14.8 Å². The van der Waals surface area contributed by atoms with E-state index in [1.165, 1.54) is 16.4 Å². The number of halogens is 1. The van der Waals surface area contributed by atoms with Gasteiger partial charge in [-0.1, -0.05) is 0 Å². The normalized spacial score (nSPS) is 22.1.